The van der Waals surface area contributed by atoms with E-state index in [4.69, 9.17) is 4.74 Å². The van der Waals surface area contributed by atoms with Crippen molar-refractivity contribution in [2.24, 2.45) is 7.05 Å². The summed E-state index contributed by atoms with van der Waals surface area (Å²) < 4.78 is 6.88. The summed E-state index contributed by atoms with van der Waals surface area (Å²) in [5.41, 5.74) is 3.87. The minimum absolute atomic E-state index is 0.292. The first-order valence-corrected chi connectivity index (χ1v) is 6.91. The van der Waals surface area contributed by atoms with E-state index in [2.05, 4.69) is 18.2 Å². The molecule has 0 bridgehead atoms. The standard InChI is InChI=1S/C18H17NO2/c1-19-16-11-7-6-10-14(16)15(17(19)18(20)21-2)12-13-8-4-3-5-9-13/h3-11H,12H2,1-2H3. The van der Waals surface area contributed by atoms with E-state index in [-0.39, 0.29) is 5.97 Å². The van der Waals surface area contributed by atoms with Crippen LogP contribution in [-0.4, -0.2) is 17.6 Å². The fourth-order valence-corrected chi connectivity index (χ4v) is 2.81. The van der Waals surface area contributed by atoms with Crippen molar-refractivity contribution in [3.8, 4) is 0 Å². The van der Waals surface area contributed by atoms with E-state index in [1.807, 2.05) is 48.0 Å². The number of ether oxygens (including phenoxy) is 1. The van der Waals surface area contributed by atoms with Crippen LogP contribution in [-0.2, 0) is 18.2 Å². The van der Waals surface area contributed by atoms with Crippen molar-refractivity contribution in [3.05, 3.63) is 71.4 Å². The zero-order valence-corrected chi connectivity index (χ0v) is 12.2. The molecule has 0 saturated carbocycles. The van der Waals surface area contributed by atoms with Gasteiger partial charge in [0.05, 0.1) is 7.11 Å². The third kappa shape index (κ3) is 2.31. The fourth-order valence-electron chi connectivity index (χ4n) is 2.81. The number of carbonyl (C=O) groups is 1. The SMILES string of the molecule is COC(=O)c1c(Cc2ccccc2)c2ccccc2n1C. The van der Waals surface area contributed by atoms with Crippen LogP contribution in [0.5, 0.6) is 0 Å². The van der Waals surface area contributed by atoms with E-state index in [1.165, 1.54) is 12.7 Å². The van der Waals surface area contributed by atoms with Gasteiger partial charge in [-0.05, 0) is 17.2 Å². The van der Waals surface area contributed by atoms with Crippen LogP contribution in [0.4, 0.5) is 0 Å². The highest BCUT2D eigenvalue weighted by atomic mass is 16.5. The maximum Gasteiger partial charge on any atom is 0.354 e. The topological polar surface area (TPSA) is 31.2 Å². The van der Waals surface area contributed by atoms with Gasteiger partial charge in [-0.15, -0.1) is 0 Å². The summed E-state index contributed by atoms with van der Waals surface area (Å²) in [5.74, 6) is -0.292. The molecule has 3 nitrogen and oxygen atoms in total. The van der Waals surface area contributed by atoms with Crippen LogP contribution < -0.4 is 0 Å². The van der Waals surface area contributed by atoms with Gasteiger partial charge in [0.15, 0.2) is 0 Å². The molecule has 0 fully saturated rings. The first-order chi connectivity index (χ1) is 10.2. The molecule has 1 aromatic heterocycles. The Morgan fingerprint density at radius 1 is 1.05 bits per heavy atom. The maximum atomic E-state index is 12.2. The lowest BCUT2D eigenvalue weighted by Gasteiger charge is -2.06. The average Bonchev–Trinajstić information content (AvgIpc) is 2.81. The minimum atomic E-state index is -0.292. The van der Waals surface area contributed by atoms with Gasteiger partial charge in [0, 0.05) is 24.4 Å². The zero-order chi connectivity index (χ0) is 14.8. The Morgan fingerprint density at radius 2 is 1.71 bits per heavy atom. The number of rotatable bonds is 3. The first-order valence-electron chi connectivity index (χ1n) is 6.91. The number of nitrogens with zero attached hydrogens (tertiary/aromatic N) is 1. The predicted octanol–water partition coefficient (Wildman–Crippen LogP) is 3.56. The minimum Gasteiger partial charge on any atom is -0.464 e. The number of methoxy groups -OCH3 is 1. The van der Waals surface area contributed by atoms with Crippen LogP contribution in [0, 0.1) is 0 Å². The van der Waals surface area contributed by atoms with Crippen molar-refractivity contribution < 1.29 is 9.53 Å². The average molecular weight is 279 g/mol. The van der Waals surface area contributed by atoms with Gasteiger partial charge in [-0.25, -0.2) is 4.79 Å². The molecule has 0 saturated heterocycles. The Balaban J connectivity index is 2.21. The van der Waals surface area contributed by atoms with Gasteiger partial charge in [0.25, 0.3) is 0 Å². The predicted molar refractivity (Wildman–Crippen MR) is 83.5 cm³/mol. The molecule has 3 heteroatoms. The molecule has 0 radical (unpaired) electrons. The molecule has 0 atom stereocenters. The van der Waals surface area contributed by atoms with Crippen LogP contribution in [0.3, 0.4) is 0 Å². The van der Waals surface area contributed by atoms with Gasteiger partial charge in [0.1, 0.15) is 5.69 Å². The number of aromatic nitrogens is 1. The molecule has 0 N–H and O–H groups in total. The number of fused-ring (bicyclic) bond motifs is 1. The second kappa shape index (κ2) is 5.44. The Morgan fingerprint density at radius 3 is 2.43 bits per heavy atom. The van der Waals surface area contributed by atoms with E-state index < -0.39 is 0 Å². The maximum absolute atomic E-state index is 12.2. The Bertz CT molecular complexity index is 788. The largest absolute Gasteiger partial charge is 0.464 e. The van der Waals surface area contributed by atoms with Gasteiger partial charge in [-0.1, -0.05) is 48.5 Å². The molecule has 0 spiro atoms. The number of para-hydroxylation sites is 1. The molecule has 0 aliphatic carbocycles. The van der Waals surface area contributed by atoms with Crippen LogP contribution in [0.1, 0.15) is 21.6 Å². The number of esters is 1. The van der Waals surface area contributed by atoms with Crippen molar-refractivity contribution in [1.82, 2.24) is 4.57 Å². The molecule has 0 amide bonds. The Labute approximate surface area is 123 Å². The van der Waals surface area contributed by atoms with Gasteiger partial charge in [0.2, 0.25) is 0 Å². The highest BCUT2D eigenvalue weighted by Crippen LogP contribution is 2.28. The van der Waals surface area contributed by atoms with Gasteiger partial charge >= 0.3 is 5.97 Å². The summed E-state index contributed by atoms with van der Waals surface area (Å²) in [7, 11) is 3.33. The van der Waals surface area contributed by atoms with Crippen LogP contribution in [0.15, 0.2) is 54.6 Å². The van der Waals surface area contributed by atoms with E-state index in [0.29, 0.717) is 12.1 Å². The lowest BCUT2D eigenvalue weighted by Crippen LogP contribution is -2.10. The second-order valence-corrected chi connectivity index (χ2v) is 5.06. The first kappa shape index (κ1) is 13.4. The van der Waals surface area contributed by atoms with Crippen LogP contribution in [0.2, 0.25) is 0 Å². The highest BCUT2D eigenvalue weighted by molar-refractivity contribution is 5.99. The molecule has 3 aromatic rings. The summed E-state index contributed by atoms with van der Waals surface area (Å²) in [6.45, 7) is 0. The molecule has 1 heterocycles. The molecule has 0 aliphatic heterocycles. The number of hydrogen-bond acceptors (Lipinski definition) is 2. The highest BCUT2D eigenvalue weighted by Gasteiger charge is 2.21. The molecule has 0 unspecified atom stereocenters. The quantitative estimate of drug-likeness (QED) is 0.686. The van der Waals surface area contributed by atoms with Gasteiger partial charge < -0.3 is 9.30 Å². The molecule has 21 heavy (non-hydrogen) atoms. The fraction of sp³-hybridized carbons (Fsp3) is 0.167. The number of hydrogen-bond donors (Lipinski definition) is 0. The third-order valence-corrected chi connectivity index (χ3v) is 3.81. The Kier molecular flexibility index (Phi) is 3.48. The lowest BCUT2D eigenvalue weighted by molar-refractivity contribution is 0.0589. The number of benzene rings is 2. The summed E-state index contributed by atoms with van der Waals surface area (Å²) in [5, 5.41) is 1.10. The number of aryl methyl sites for hydroxylation is 1. The third-order valence-electron chi connectivity index (χ3n) is 3.81. The molecule has 2 aromatic carbocycles. The Hall–Kier alpha value is -2.55. The van der Waals surface area contributed by atoms with E-state index in [9.17, 15) is 4.79 Å². The van der Waals surface area contributed by atoms with E-state index in [1.54, 1.807) is 0 Å². The second-order valence-electron chi connectivity index (χ2n) is 5.06. The van der Waals surface area contributed by atoms with Crippen molar-refractivity contribution >= 4 is 16.9 Å². The summed E-state index contributed by atoms with van der Waals surface area (Å²) in [6.07, 6.45) is 0.715. The van der Waals surface area contributed by atoms with Crippen molar-refractivity contribution in [2.45, 2.75) is 6.42 Å². The molecule has 106 valence electrons. The van der Waals surface area contributed by atoms with Crippen molar-refractivity contribution in [1.29, 1.82) is 0 Å². The normalized spacial score (nSPS) is 10.8. The molecular weight excluding hydrogens is 262 g/mol. The number of carbonyl (C=O) groups excluding carboxylic acids is 1. The van der Waals surface area contributed by atoms with Crippen molar-refractivity contribution in [2.75, 3.05) is 7.11 Å². The molecule has 3 rings (SSSR count). The van der Waals surface area contributed by atoms with Gasteiger partial charge in [-0.3, -0.25) is 0 Å². The summed E-state index contributed by atoms with van der Waals surface area (Å²) in [6, 6.07) is 18.2. The van der Waals surface area contributed by atoms with Crippen molar-refractivity contribution in [3.63, 3.8) is 0 Å². The molecule has 0 aliphatic rings. The van der Waals surface area contributed by atoms with E-state index in [0.717, 1.165) is 16.5 Å². The summed E-state index contributed by atoms with van der Waals surface area (Å²) >= 11 is 0. The smallest absolute Gasteiger partial charge is 0.354 e. The van der Waals surface area contributed by atoms with E-state index >= 15 is 0 Å². The van der Waals surface area contributed by atoms with Gasteiger partial charge in [-0.2, -0.15) is 0 Å². The summed E-state index contributed by atoms with van der Waals surface area (Å²) in [4.78, 5) is 12.2. The monoisotopic (exact) mass is 279 g/mol. The lowest BCUT2D eigenvalue weighted by atomic mass is 10.0. The van der Waals surface area contributed by atoms with Crippen LogP contribution >= 0.6 is 0 Å². The molecular formula is C18H17NO2. The zero-order valence-electron chi connectivity index (χ0n) is 12.2. The van der Waals surface area contributed by atoms with Crippen LogP contribution in [0.25, 0.3) is 10.9 Å².